The van der Waals surface area contributed by atoms with Crippen LogP contribution in [0, 0.1) is 17.7 Å². The van der Waals surface area contributed by atoms with Crippen molar-refractivity contribution in [2.24, 2.45) is 11.8 Å². The van der Waals surface area contributed by atoms with Gasteiger partial charge < -0.3 is 0 Å². The van der Waals surface area contributed by atoms with E-state index >= 15 is 0 Å². The molecule has 0 atom stereocenters. The maximum Gasteiger partial charge on any atom is 0.151 e. The summed E-state index contributed by atoms with van der Waals surface area (Å²) in [5.41, 5.74) is 0.523. The molecule has 3 rings (SSSR count). The summed E-state index contributed by atoms with van der Waals surface area (Å²) >= 11 is 0. The van der Waals surface area contributed by atoms with Gasteiger partial charge in [-0.2, -0.15) is 0 Å². The summed E-state index contributed by atoms with van der Waals surface area (Å²) in [6.45, 7) is 2.60. The molecule has 0 spiro atoms. The third-order valence-electron chi connectivity index (χ3n) is 4.17. The number of hydrogen-bond acceptors (Lipinski definition) is 2. The molecule has 2 nitrogen and oxygen atoms in total. The Bertz CT molecular complexity index is 466. The second-order valence-electron chi connectivity index (χ2n) is 6.39. The molecular formula is C17H22FNO. The van der Waals surface area contributed by atoms with E-state index in [2.05, 4.69) is 4.90 Å². The minimum Gasteiger partial charge on any atom is -0.298 e. The monoisotopic (exact) mass is 275 g/mol. The molecule has 0 heterocycles. The summed E-state index contributed by atoms with van der Waals surface area (Å²) in [5.74, 6) is 1.47. The zero-order chi connectivity index (χ0) is 13.9. The summed E-state index contributed by atoms with van der Waals surface area (Å²) in [5, 5.41) is 0. The van der Waals surface area contributed by atoms with E-state index in [-0.39, 0.29) is 18.0 Å². The Kier molecular flexibility index (Phi) is 4.16. The lowest BCUT2D eigenvalue weighted by Gasteiger charge is -2.21. The van der Waals surface area contributed by atoms with Crippen LogP contribution in [-0.2, 0) is 11.2 Å². The van der Waals surface area contributed by atoms with Crippen molar-refractivity contribution in [2.45, 2.75) is 32.1 Å². The van der Waals surface area contributed by atoms with Gasteiger partial charge >= 0.3 is 0 Å². The molecule has 108 valence electrons. The fraction of sp³-hybridized carbons (Fsp3) is 0.588. The standard InChI is InChI=1S/C17H22FNO/c18-17-4-2-1-3-15(17)9-16(20)12-19(10-13-5-6-13)11-14-7-8-14/h1-4,13-14H,5-12H2. The molecule has 0 aliphatic heterocycles. The number of carbonyl (C=O) groups excluding carboxylic acids is 1. The van der Waals surface area contributed by atoms with Gasteiger partial charge in [0, 0.05) is 19.5 Å². The number of halogens is 1. The van der Waals surface area contributed by atoms with Crippen molar-refractivity contribution >= 4 is 5.78 Å². The van der Waals surface area contributed by atoms with Gasteiger partial charge in [-0.25, -0.2) is 4.39 Å². The summed E-state index contributed by atoms with van der Waals surface area (Å²) in [4.78, 5) is 14.5. The van der Waals surface area contributed by atoms with E-state index in [9.17, 15) is 9.18 Å². The van der Waals surface area contributed by atoms with Gasteiger partial charge in [-0.15, -0.1) is 0 Å². The molecule has 0 bridgehead atoms. The fourth-order valence-corrected chi connectivity index (χ4v) is 2.69. The van der Waals surface area contributed by atoms with Crippen LogP contribution in [0.25, 0.3) is 0 Å². The molecule has 2 aliphatic rings. The quantitative estimate of drug-likeness (QED) is 0.727. The van der Waals surface area contributed by atoms with Gasteiger partial charge in [0.2, 0.25) is 0 Å². The highest BCUT2D eigenvalue weighted by atomic mass is 19.1. The maximum absolute atomic E-state index is 13.6. The van der Waals surface area contributed by atoms with Crippen LogP contribution in [0.3, 0.4) is 0 Å². The van der Waals surface area contributed by atoms with Crippen molar-refractivity contribution in [3.8, 4) is 0 Å². The Labute approximate surface area is 120 Å². The number of Topliss-reactive ketones (excluding diaryl/α,β-unsaturated/α-hetero) is 1. The maximum atomic E-state index is 13.6. The molecule has 0 N–H and O–H groups in total. The van der Waals surface area contributed by atoms with E-state index in [0.29, 0.717) is 12.1 Å². The van der Waals surface area contributed by atoms with Gasteiger partial charge in [-0.3, -0.25) is 9.69 Å². The Morgan fingerprint density at radius 2 is 1.70 bits per heavy atom. The highest BCUT2D eigenvalue weighted by molar-refractivity contribution is 5.82. The van der Waals surface area contributed by atoms with Gasteiger partial charge in [-0.1, -0.05) is 18.2 Å². The Balaban J connectivity index is 1.53. The third-order valence-corrected chi connectivity index (χ3v) is 4.17. The van der Waals surface area contributed by atoms with Crippen LogP contribution < -0.4 is 0 Å². The Hall–Kier alpha value is -1.22. The fourth-order valence-electron chi connectivity index (χ4n) is 2.69. The van der Waals surface area contributed by atoms with Crippen LogP contribution in [0.5, 0.6) is 0 Å². The Morgan fingerprint density at radius 3 is 2.25 bits per heavy atom. The normalized spacial score (nSPS) is 18.5. The minimum atomic E-state index is -0.267. The van der Waals surface area contributed by atoms with Gasteiger partial charge in [0.25, 0.3) is 0 Å². The molecule has 3 heteroatoms. The van der Waals surface area contributed by atoms with Crippen LogP contribution in [0.1, 0.15) is 31.2 Å². The average molecular weight is 275 g/mol. The van der Waals surface area contributed by atoms with Crippen molar-refractivity contribution in [3.05, 3.63) is 35.6 Å². The lowest BCUT2D eigenvalue weighted by atomic mass is 10.1. The molecule has 1 aromatic carbocycles. The van der Waals surface area contributed by atoms with Crippen LogP contribution in [0.15, 0.2) is 24.3 Å². The molecule has 0 unspecified atom stereocenters. The highest BCUT2D eigenvalue weighted by Gasteiger charge is 2.29. The van der Waals surface area contributed by atoms with Gasteiger partial charge in [-0.05, 0) is 49.1 Å². The number of benzene rings is 1. The SMILES string of the molecule is O=C(Cc1ccccc1F)CN(CC1CC1)CC1CC1. The van der Waals surface area contributed by atoms with Gasteiger partial charge in [0.05, 0.1) is 6.54 Å². The molecular weight excluding hydrogens is 253 g/mol. The van der Waals surface area contributed by atoms with E-state index in [4.69, 9.17) is 0 Å². The number of ketones is 1. The molecule has 2 aliphatic carbocycles. The lowest BCUT2D eigenvalue weighted by Crippen LogP contribution is -2.34. The summed E-state index contributed by atoms with van der Waals surface area (Å²) in [6.07, 6.45) is 5.45. The molecule has 2 fully saturated rings. The van der Waals surface area contributed by atoms with Crippen molar-refractivity contribution in [2.75, 3.05) is 19.6 Å². The Morgan fingerprint density at radius 1 is 1.10 bits per heavy atom. The predicted octanol–water partition coefficient (Wildman–Crippen LogP) is 3.06. The smallest absolute Gasteiger partial charge is 0.151 e. The largest absolute Gasteiger partial charge is 0.298 e. The first-order valence-corrected chi connectivity index (χ1v) is 7.68. The highest BCUT2D eigenvalue weighted by Crippen LogP contribution is 2.33. The third kappa shape index (κ3) is 4.14. The first-order valence-electron chi connectivity index (χ1n) is 7.68. The van der Waals surface area contributed by atoms with E-state index in [1.165, 1.54) is 31.7 Å². The zero-order valence-corrected chi connectivity index (χ0v) is 11.9. The van der Waals surface area contributed by atoms with Gasteiger partial charge in [0.1, 0.15) is 5.82 Å². The van der Waals surface area contributed by atoms with Crippen molar-refractivity contribution in [1.82, 2.24) is 4.90 Å². The van der Waals surface area contributed by atoms with E-state index in [1.54, 1.807) is 18.2 Å². The van der Waals surface area contributed by atoms with Crippen molar-refractivity contribution in [3.63, 3.8) is 0 Å². The lowest BCUT2D eigenvalue weighted by molar-refractivity contribution is -0.119. The minimum absolute atomic E-state index is 0.136. The second kappa shape index (κ2) is 6.04. The van der Waals surface area contributed by atoms with Crippen LogP contribution in [-0.4, -0.2) is 30.3 Å². The first-order chi connectivity index (χ1) is 9.70. The summed E-state index contributed by atoms with van der Waals surface area (Å²) < 4.78 is 13.6. The van der Waals surface area contributed by atoms with Crippen LogP contribution >= 0.6 is 0 Å². The zero-order valence-electron chi connectivity index (χ0n) is 11.9. The molecule has 0 amide bonds. The van der Waals surface area contributed by atoms with E-state index < -0.39 is 0 Å². The second-order valence-corrected chi connectivity index (χ2v) is 6.39. The molecule has 1 aromatic rings. The van der Waals surface area contributed by atoms with Crippen molar-refractivity contribution in [1.29, 1.82) is 0 Å². The first kappa shape index (κ1) is 13.7. The molecule has 20 heavy (non-hydrogen) atoms. The summed E-state index contributed by atoms with van der Waals surface area (Å²) in [7, 11) is 0. The molecule has 0 saturated heterocycles. The number of rotatable bonds is 8. The molecule has 0 aromatic heterocycles. The molecule has 2 saturated carbocycles. The van der Waals surface area contributed by atoms with E-state index in [1.807, 2.05) is 0 Å². The van der Waals surface area contributed by atoms with E-state index in [0.717, 1.165) is 24.9 Å². The van der Waals surface area contributed by atoms with Gasteiger partial charge in [0.15, 0.2) is 5.78 Å². The van der Waals surface area contributed by atoms with Crippen LogP contribution in [0.2, 0.25) is 0 Å². The molecule has 0 radical (unpaired) electrons. The van der Waals surface area contributed by atoms with Crippen LogP contribution in [0.4, 0.5) is 4.39 Å². The van der Waals surface area contributed by atoms with Crippen molar-refractivity contribution < 1.29 is 9.18 Å². The predicted molar refractivity (Wildman–Crippen MR) is 77.0 cm³/mol. The summed E-state index contributed by atoms with van der Waals surface area (Å²) in [6, 6.07) is 6.59. The average Bonchev–Trinajstić information content (AvgIpc) is 3.28. The number of hydrogen-bond donors (Lipinski definition) is 0. The number of nitrogens with zero attached hydrogens (tertiary/aromatic N) is 1. The topological polar surface area (TPSA) is 20.3 Å². The number of carbonyl (C=O) groups is 1.